The molecule has 0 aliphatic carbocycles. The van der Waals surface area contributed by atoms with Gasteiger partial charge in [-0.15, -0.1) is 0 Å². The van der Waals surface area contributed by atoms with Crippen LogP contribution in [0.5, 0.6) is 0 Å². The second-order valence-electron chi connectivity index (χ2n) is 4.52. The number of rotatable bonds is 3. The van der Waals surface area contributed by atoms with Gasteiger partial charge in [-0.25, -0.2) is 18.6 Å². The van der Waals surface area contributed by atoms with Crippen LogP contribution in [0, 0.1) is 6.92 Å². The number of urea groups is 1. The third-order valence-corrected chi connectivity index (χ3v) is 4.40. The van der Waals surface area contributed by atoms with Crippen LogP contribution >= 0.6 is 0 Å². The van der Waals surface area contributed by atoms with E-state index in [4.69, 9.17) is 0 Å². The van der Waals surface area contributed by atoms with E-state index in [1.165, 1.54) is 4.90 Å². The van der Waals surface area contributed by atoms with Crippen molar-refractivity contribution in [3.8, 4) is 0 Å². The summed E-state index contributed by atoms with van der Waals surface area (Å²) < 4.78 is 24.4. The Hall–Kier alpha value is -1.89. The first kappa shape index (κ1) is 13.5. The van der Waals surface area contributed by atoms with Gasteiger partial charge in [0.25, 0.3) is 0 Å². The maximum Gasteiger partial charge on any atom is 0.339 e. The molecule has 0 aromatic heterocycles. The molecular formula is C12H15N3O3S. The van der Waals surface area contributed by atoms with Crippen molar-refractivity contribution in [2.24, 2.45) is 5.10 Å². The van der Waals surface area contributed by atoms with Gasteiger partial charge >= 0.3 is 6.03 Å². The largest absolute Gasteiger partial charge is 0.339 e. The van der Waals surface area contributed by atoms with E-state index in [9.17, 15) is 13.2 Å². The minimum atomic E-state index is -3.52. The van der Waals surface area contributed by atoms with Gasteiger partial charge in [0, 0.05) is 0 Å². The maximum absolute atomic E-state index is 12.2. The molecule has 1 aliphatic rings. The Bertz CT molecular complexity index is 620. The molecule has 0 bridgehead atoms. The Labute approximate surface area is 112 Å². The Morgan fingerprint density at radius 3 is 2.53 bits per heavy atom. The molecule has 7 heteroatoms. The number of hydrazone groups is 1. The van der Waals surface area contributed by atoms with E-state index >= 15 is 0 Å². The molecule has 19 heavy (non-hydrogen) atoms. The van der Waals surface area contributed by atoms with E-state index < -0.39 is 15.9 Å². The highest BCUT2D eigenvalue weighted by Gasteiger charge is 2.25. The number of amides is 2. The molecule has 0 saturated carbocycles. The standard InChI is InChI=1S/C12H15N3O3S/c1-9-3-5-11(6-4-9)19(17,18)8-15-7-10(2)13-14-12(15)16/h3-6H,7-8H2,1-2H3,(H,14,16). The van der Waals surface area contributed by atoms with Gasteiger partial charge in [-0.3, -0.25) is 0 Å². The van der Waals surface area contributed by atoms with Crippen LogP contribution in [0.15, 0.2) is 34.3 Å². The zero-order chi connectivity index (χ0) is 14.0. The van der Waals surface area contributed by atoms with Crippen molar-refractivity contribution in [1.29, 1.82) is 0 Å². The summed E-state index contributed by atoms with van der Waals surface area (Å²) in [4.78, 5) is 13.0. The van der Waals surface area contributed by atoms with E-state index in [1.807, 2.05) is 6.92 Å². The van der Waals surface area contributed by atoms with Crippen LogP contribution in [0.2, 0.25) is 0 Å². The van der Waals surface area contributed by atoms with Crippen molar-refractivity contribution in [1.82, 2.24) is 10.3 Å². The third kappa shape index (κ3) is 3.11. The lowest BCUT2D eigenvalue weighted by Crippen LogP contribution is -2.47. The molecule has 0 unspecified atom stereocenters. The monoisotopic (exact) mass is 281 g/mol. The van der Waals surface area contributed by atoms with Crippen molar-refractivity contribution in [3.05, 3.63) is 29.8 Å². The highest BCUT2D eigenvalue weighted by molar-refractivity contribution is 7.91. The molecular weight excluding hydrogens is 266 g/mol. The summed E-state index contributed by atoms with van der Waals surface area (Å²) in [5, 5.41) is 3.76. The number of nitrogens with zero attached hydrogens (tertiary/aromatic N) is 2. The summed E-state index contributed by atoms with van der Waals surface area (Å²) in [6.07, 6.45) is 0. The van der Waals surface area contributed by atoms with Gasteiger partial charge < -0.3 is 4.90 Å². The molecule has 0 atom stereocenters. The molecule has 1 aromatic rings. The van der Waals surface area contributed by atoms with Gasteiger partial charge in [0.15, 0.2) is 9.84 Å². The van der Waals surface area contributed by atoms with E-state index in [1.54, 1.807) is 31.2 Å². The van der Waals surface area contributed by atoms with Gasteiger partial charge in [0.2, 0.25) is 0 Å². The number of carbonyl (C=O) groups excluding carboxylic acids is 1. The fourth-order valence-electron chi connectivity index (χ4n) is 1.73. The molecule has 6 nitrogen and oxygen atoms in total. The molecule has 0 spiro atoms. The summed E-state index contributed by atoms with van der Waals surface area (Å²) >= 11 is 0. The van der Waals surface area contributed by atoms with E-state index in [2.05, 4.69) is 10.5 Å². The molecule has 1 N–H and O–H groups in total. The minimum Gasteiger partial charge on any atom is -0.303 e. The average molecular weight is 281 g/mol. The highest BCUT2D eigenvalue weighted by Crippen LogP contribution is 2.14. The Morgan fingerprint density at radius 2 is 1.89 bits per heavy atom. The lowest BCUT2D eigenvalue weighted by Gasteiger charge is -2.25. The number of sulfone groups is 1. The fourth-order valence-corrected chi connectivity index (χ4v) is 3.05. The first-order valence-corrected chi connectivity index (χ1v) is 7.41. The summed E-state index contributed by atoms with van der Waals surface area (Å²) in [6, 6.07) is 6.06. The summed E-state index contributed by atoms with van der Waals surface area (Å²) in [6.45, 7) is 3.83. The van der Waals surface area contributed by atoms with Gasteiger partial charge in [0.05, 0.1) is 17.2 Å². The van der Waals surface area contributed by atoms with Crippen LogP contribution in [-0.4, -0.2) is 37.5 Å². The normalized spacial score (nSPS) is 16.0. The number of nitrogens with one attached hydrogen (secondary N) is 1. The second kappa shape index (κ2) is 5.00. The molecule has 102 valence electrons. The molecule has 1 aliphatic heterocycles. The van der Waals surface area contributed by atoms with E-state index in [-0.39, 0.29) is 17.3 Å². The zero-order valence-corrected chi connectivity index (χ0v) is 11.6. The van der Waals surface area contributed by atoms with Crippen molar-refractivity contribution in [2.45, 2.75) is 18.7 Å². The van der Waals surface area contributed by atoms with Crippen LogP contribution in [0.25, 0.3) is 0 Å². The van der Waals surface area contributed by atoms with Crippen molar-refractivity contribution in [3.63, 3.8) is 0 Å². The van der Waals surface area contributed by atoms with Crippen molar-refractivity contribution in [2.75, 3.05) is 12.4 Å². The Balaban J connectivity index is 2.20. The number of hydrogen-bond donors (Lipinski definition) is 1. The first-order valence-electron chi connectivity index (χ1n) is 5.76. The highest BCUT2D eigenvalue weighted by atomic mass is 32.2. The molecule has 2 amide bonds. The van der Waals surface area contributed by atoms with Gasteiger partial charge in [0.1, 0.15) is 5.88 Å². The van der Waals surface area contributed by atoms with Crippen LogP contribution in [0.1, 0.15) is 12.5 Å². The average Bonchev–Trinajstić information content (AvgIpc) is 2.34. The van der Waals surface area contributed by atoms with Gasteiger partial charge in [-0.05, 0) is 26.0 Å². The van der Waals surface area contributed by atoms with Gasteiger partial charge in [-0.1, -0.05) is 17.7 Å². The molecule has 2 rings (SSSR count). The number of carbonyl (C=O) groups is 1. The first-order chi connectivity index (χ1) is 8.88. The van der Waals surface area contributed by atoms with Gasteiger partial charge in [-0.2, -0.15) is 5.10 Å². The van der Waals surface area contributed by atoms with Crippen LogP contribution < -0.4 is 5.43 Å². The topological polar surface area (TPSA) is 78.8 Å². The summed E-state index contributed by atoms with van der Waals surface area (Å²) in [7, 11) is -3.52. The second-order valence-corrected chi connectivity index (χ2v) is 6.48. The lowest BCUT2D eigenvalue weighted by atomic mass is 10.2. The smallest absolute Gasteiger partial charge is 0.303 e. The molecule has 1 aromatic carbocycles. The third-order valence-electron chi connectivity index (χ3n) is 2.76. The SMILES string of the molecule is CC1=NNC(=O)N(CS(=O)(=O)c2ccc(C)cc2)C1. The summed E-state index contributed by atoms with van der Waals surface area (Å²) in [5.74, 6) is -0.352. The number of aryl methyl sites for hydroxylation is 1. The van der Waals surface area contributed by atoms with Crippen molar-refractivity contribution >= 4 is 21.6 Å². The van der Waals surface area contributed by atoms with Crippen molar-refractivity contribution < 1.29 is 13.2 Å². The lowest BCUT2D eigenvalue weighted by molar-refractivity contribution is 0.209. The van der Waals surface area contributed by atoms with Crippen LogP contribution in [0.3, 0.4) is 0 Å². The quantitative estimate of drug-likeness (QED) is 0.902. The molecule has 0 saturated heterocycles. The van der Waals surface area contributed by atoms with E-state index in [0.717, 1.165) is 5.56 Å². The molecule has 1 heterocycles. The number of benzene rings is 1. The molecule has 0 fully saturated rings. The zero-order valence-electron chi connectivity index (χ0n) is 10.8. The predicted octanol–water partition coefficient (Wildman–Crippen LogP) is 1.13. The molecule has 0 radical (unpaired) electrons. The Morgan fingerprint density at radius 1 is 1.26 bits per heavy atom. The Kier molecular flexibility index (Phi) is 3.57. The number of hydrogen-bond acceptors (Lipinski definition) is 4. The fraction of sp³-hybridized carbons (Fsp3) is 0.333. The minimum absolute atomic E-state index is 0.214. The maximum atomic E-state index is 12.2. The summed E-state index contributed by atoms with van der Waals surface area (Å²) in [5.41, 5.74) is 3.92. The van der Waals surface area contributed by atoms with Crippen LogP contribution in [-0.2, 0) is 9.84 Å². The van der Waals surface area contributed by atoms with Crippen LogP contribution in [0.4, 0.5) is 4.79 Å². The predicted molar refractivity (Wildman–Crippen MR) is 71.6 cm³/mol. The van der Waals surface area contributed by atoms with E-state index in [0.29, 0.717) is 5.71 Å².